The Balaban J connectivity index is 1.53. The molecule has 0 aliphatic rings. The Bertz CT molecular complexity index is 554. The van der Waals surface area contributed by atoms with Gasteiger partial charge in [0.2, 0.25) is 0 Å². The molecule has 2 aromatic rings. The van der Waals surface area contributed by atoms with Crippen molar-refractivity contribution in [2.45, 2.75) is 13.2 Å². The topological polar surface area (TPSA) is 73.6 Å². The molecule has 0 atom stereocenters. The van der Waals surface area contributed by atoms with E-state index in [1.54, 1.807) is 10.9 Å². The molecule has 6 nitrogen and oxygen atoms in total. The van der Waals surface area contributed by atoms with Crippen LogP contribution in [-0.2, 0) is 22.6 Å². The molecule has 0 aliphatic heterocycles. The number of hydrogen-bond donors (Lipinski definition) is 1. The van der Waals surface area contributed by atoms with E-state index in [-0.39, 0.29) is 5.69 Å². The Kier molecular flexibility index (Phi) is 5.93. The third-order valence-electron chi connectivity index (χ3n) is 2.81. The number of carboxylic acid groups (broad SMARTS) is 1. The van der Waals surface area contributed by atoms with Crippen LogP contribution in [0.15, 0.2) is 42.6 Å². The molecule has 0 saturated heterocycles. The van der Waals surface area contributed by atoms with Crippen molar-refractivity contribution in [3.63, 3.8) is 0 Å². The number of hydrogen-bond acceptors (Lipinski definition) is 4. The van der Waals surface area contributed by atoms with Crippen molar-refractivity contribution in [3.8, 4) is 0 Å². The van der Waals surface area contributed by atoms with Crippen molar-refractivity contribution in [1.29, 1.82) is 0 Å². The average Bonchev–Trinajstić information content (AvgIpc) is 2.96. The van der Waals surface area contributed by atoms with E-state index in [1.807, 2.05) is 30.3 Å². The second kappa shape index (κ2) is 8.18. The van der Waals surface area contributed by atoms with Gasteiger partial charge in [-0.15, -0.1) is 0 Å². The van der Waals surface area contributed by atoms with Crippen molar-refractivity contribution in [1.82, 2.24) is 9.78 Å². The van der Waals surface area contributed by atoms with Gasteiger partial charge in [0.15, 0.2) is 5.69 Å². The SMILES string of the molecule is O=C(O)c1ccn(CCOCCOCc2ccccc2)n1. The van der Waals surface area contributed by atoms with Gasteiger partial charge in [-0.25, -0.2) is 4.79 Å². The van der Waals surface area contributed by atoms with Crippen LogP contribution in [0.1, 0.15) is 16.1 Å². The second-order valence-electron chi connectivity index (χ2n) is 4.42. The van der Waals surface area contributed by atoms with Crippen LogP contribution in [0.3, 0.4) is 0 Å². The maximum atomic E-state index is 10.7. The summed E-state index contributed by atoms with van der Waals surface area (Å²) in [6.45, 7) is 2.58. The summed E-state index contributed by atoms with van der Waals surface area (Å²) >= 11 is 0. The Morgan fingerprint density at radius 3 is 2.57 bits per heavy atom. The lowest BCUT2D eigenvalue weighted by molar-refractivity contribution is 0.0371. The fraction of sp³-hybridized carbons (Fsp3) is 0.333. The lowest BCUT2D eigenvalue weighted by atomic mass is 10.2. The molecule has 21 heavy (non-hydrogen) atoms. The van der Waals surface area contributed by atoms with Crippen molar-refractivity contribution in [3.05, 3.63) is 53.9 Å². The van der Waals surface area contributed by atoms with E-state index in [0.717, 1.165) is 5.56 Å². The Hall–Kier alpha value is -2.18. The monoisotopic (exact) mass is 290 g/mol. The zero-order valence-corrected chi connectivity index (χ0v) is 11.6. The minimum absolute atomic E-state index is 0.0428. The smallest absolute Gasteiger partial charge is 0.356 e. The molecule has 1 aromatic heterocycles. The van der Waals surface area contributed by atoms with Crippen LogP contribution in [0.4, 0.5) is 0 Å². The van der Waals surface area contributed by atoms with Gasteiger partial charge in [0.1, 0.15) is 0 Å². The van der Waals surface area contributed by atoms with Crippen molar-refractivity contribution >= 4 is 5.97 Å². The van der Waals surface area contributed by atoms with Gasteiger partial charge in [-0.1, -0.05) is 30.3 Å². The fourth-order valence-electron chi connectivity index (χ4n) is 1.74. The molecule has 2 rings (SSSR count). The van der Waals surface area contributed by atoms with Gasteiger partial charge in [0.05, 0.1) is 33.0 Å². The molecule has 1 N–H and O–H groups in total. The van der Waals surface area contributed by atoms with Crippen molar-refractivity contribution < 1.29 is 19.4 Å². The van der Waals surface area contributed by atoms with Gasteiger partial charge in [-0.05, 0) is 11.6 Å². The lowest BCUT2D eigenvalue weighted by Crippen LogP contribution is -2.11. The quantitative estimate of drug-likeness (QED) is 0.713. The first-order valence-corrected chi connectivity index (χ1v) is 6.72. The van der Waals surface area contributed by atoms with Crippen LogP contribution in [-0.4, -0.2) is 40.7 Å². The summed E-state index contributed by atoms with van der Waals surface area (Å²) < 4.78 is 12.4. The number of rotatable bonds is 9. The van der Waals surface area contributed by atoms with Crippen LogP contribution >= 0.6 is 0 Å². The Morgan fingerprint density at radius 1 is 1.10 bits per heavy atom. The van der Waals surface area contributed by atoms with E-state index in [4.69, 9.17) is 14.6 Å². The number of aromatic nitrogens is 2. The predicted molar refractivity (Wildman–Crippen MR) is 76.1 cm³/mol. The van der Waals surface area contributed by atoms with E-state index < -0.39 is 5.97 Å². The van der Waals surface area contributed by atoms with Crippen LogP contribution in [0.2, 0.25) is 0 Å². The normalized spacial score (nSPS) is 10.7. The molecule has 1 heterocycles. The molecule has 0 aliphatic carbocycles. The lowest BCUT2D eigenvalue weighted by Gasteiger charge is -2.06. The van der Waals surface area contributed by atoms with Crippen LogP contribution in [0.25, 0.3) is 0 Å². The average molecular weight is 290 g/mol. The molecule has 0 spiro atoms. The molecule has 0 bridgehead atoms. The van der Waals surface area contributed by atoms with Crippen LogP contribution < -0.4 is 0 Å². The fourth-order valence-corrected chi connectivity index (χ4v) is 1.74. The first-order valence-electron chi connectivity index (χ1n) is 6.72. The van der Waals surface area contributed by atoms with Crippen LogP contribution in [0.5, 0.6) is 0 Å². The van der Waals surface area contributed by atoms with Gasteiger partial charge in [-0.2, -0.15) is 5.10 Å². The first kappa shape index (κ1) is 15.2. The molecule has 0 radical (unpaired) electrons. The summed E-state index contributed by atoms with van der Waals surface area (Å²) in [4.78, 5) is 10.7. The van der Waals surface area contributed by atoms with E-state index in [0.29, 0.717) is 33.0 Å². The van der Waals surface area contributed by atoms with Gasteiger partial charge in [-0.3, -0.25) is 4.68 Å². The maximum Gasteiger partial charge on any atom is 0.356 e. The molecular formula is C15H18N2O4. The number of aromatic carboxylic acids is 1. The summed E-state index contributed by atoms with van der Waals surface area (Å²) in [5.41, 5.74) is 1.18. The number of ether oxygens (including phenoxy) is 2. The third-order valence-corrected chi connectivity index (χ3v) is 2.81. The van der Waals surface area contributed by atoms with Gasteiger partial charge >= 0.3 is 5.97 Å². The van der Waals surface area contributed by atoms with E-state index in [1.165, 1.54) is 6.07 Å². The zero-order chi connectivity index (χ0) is 14.9. The Labute approximate surface area is 122 Å². The zero-order valence-electron chi connectivity index (χ0n) is 11.6. The summed E-state index contributed by atoms with van der Waals surface area (Å²) in [5.74, 6) is -1.02. The highest BCUT2D eigenvalue weighted by Gasteiger charge is 2.05. The molecule has 0 unspecified atom stereocenters. The molecule has 0 amide bonds. The number of benzene rings is 1. The minimum Gasteiger partial charge on any atom is -0.476 e. The van der Waals surface area contributed by atoms with Gasteiger partial charge in [0, 0.05) is 6.20 Å². The van der Waals surface area contributed by atoms with E-state index in [9.17, 15) is 4.79 Å². The summed E-state index contributed by atoms with van der Waals surface area (Å²) in [6, 6.07) is 11.4. The second-order valence-corrected chi connectivity index (χ2v) is 4.42. The number of nitrogens with zero attached hydrogens (tertiary/aromatic N) is 2. The summed E-state index contributed by atoms with van der Waals surface area (Å²) in [5, 5.41) is 12.6. The number of carbonyl (C=O) groups is 1. The third kappa shape index (κ3) is 5.37. The van der Waals surface area contributed by atoms with Gasteiger partial charge in [0.25, 0.3) is 0 Å². The largest absolute Gasteiger partial charge is 0.476 e. The molecule has 0 saturated carbocycles. The molecule has 1 aromatic carbocycles. The highest BCUT2D eigenvalue weighted by Crippen LogP contribution is 2.00. The van der Waals surface area contributed by atoms with Crippen LogP contribution in [0, 0.1) is 0 Å². The van der Waals surface area contributed by atoms with Crippen molar-refractivity contribution in [2.75, 3.05) is 19.8 Å². The van der Waals surface area contributed by atoms with E-state index in [2.05, 4.69) is 5.10 Å². The van der Waals surface area contributed by atoms with E-state index >= 15 is 0 Å². The predicted octanol–water partition coefficient (Wildman–Crippen LogP) is 1.81. The molecular weight excluding hydrogens is 272 g/mol. The first-order chi connectivity index (χ1) is 10.3. The highest BCUT2D eigenvalue weighted by atomic mass is 16.5. The summed E-state index contributed by atoms with van der Waals surface area (Å²) in [6.07, 6.45) is 1.62. The number of carboxylic acids is 1. The summed E-state index contributed by atoms with van der Waals surface area (Å²) in [7, 11) is 0. The Morgan fingerprint density at radius 2 is 1.86 bits per heavy atom. The maximum absolute atomic E-state index is 10.7. The minimum atomic E-state index is -1.02. The van der Waals surface area contributed by atoms with Gasteiger partial charge < -0.3 is 14.6 Å². The molecule has 0 fully saturated rings. The molecule has 6 heteroatoms. The highest BCUT2D eigenvalue weighted by molar-refractivity contribution is 5.84. The van der Waals surface area contributed by atoms with Crippen molar-refractivity contribution in [2.24, 2.45) is 0 Å². The molecule has 112 valence electrons. The standard InChI is InChI=1S/C15H18N2O4/c18-15(19)14-6-7-17(16-14)8-9-20-10-11-21-12-13-4-2-1-3-5-13/h1-7H,8-12H2,(H,18,19).